The van der Waals surface area contributed by atoms with Crippen molar-refractivity contribution in [2.45, 2.75) is 19.4 Å². The molecular formula is C17H16O5. The summed E-state index contributed by atoms with van der Waals surface area (Å²) in [5, 5.41) is 18.3. The summed E-state index contributed by atoms with van der Waals surface area (Å²) < 4.78 is 5.69. The highest BCUT2D eigenvalue weighted by atomic mass is 16.5. The molecule has 2 aromatic carbocycles. The molecule has 0 aliphatic rings. The summed E-state index contributed by atoms with van der Waals surface area (Å²) in [6.45, 7) is 2.01. The zero-order valence-electron chi connectivity index (χ0n) is 12.0. The fourth-order valence-corrected chi connectivity index (χ4v) is 2.19. The maximum atomic E-state index is 11.2. The van der Waals surface area contributed by atoms with Crippen molar-refractivity contribution in [1.29, 1.82) is 0 Å². The summed E-state index contributed by atoms with van der Waals surface area (Å²) in [6, 6.07) is 14.0. The van der Waals surface area contributed by atoms with Gasteiger partial charge in [-0.25, -0.2) is 0 Å². The number of carboxylic acid groups (broad SMARTS) is 2. The van der Waals surface area contributed by atoms with Crippen LogP contribution in [-0.2, 0) is 16.2 Å². The number of rotatable bonds is 6. The van der Waals surface area contributed by atoms with E-state index in [1.807, 2.05) is 31.2 Å². The predicted octanol–water partition coefficient (Wildman–Crippen LogP) is 2.83. The Bertz CT molecular complexity index is 679. The summed E-state index contributed by atoms with van der Waals surface area (Å²) in [4.78, 5) is 22.4. The van der Waals surface area contributed by atoms with Crippen LogP contribution < -0.4 is 4.74 Å². The fourth-order valence-electron chi connectivity index (χ4n) is 2.19. The summed E-state index contributed by atoms with van der Waals surface area (Å²) in [6.07, 6.45) is 0. The lowest BCUT2D eigenvalue weighted by Crippen LogP contribution is -2.22. The number of ether oxygens (including phenoxy) is 1. The average molecular weight is 300 g/mol. The smallest absolute Gasteiger partial charge is 0.322 e. The zero-order chi connectivity index (χ0) is 16.1. The number of hydrogen-bond acceptors (Lipinski definition) is 3. The van der Waals surface area contributed by atoms with Crippen LogP contribution in [0.1, 0.15) is 22.6 Å². The molecule has 114 valence electrons. The molecule has 0 aliphatic heterocycles. The second-order valence-corrected chi connectivity index (χ2v) is 4.86. The van der Waals surface area contributed by atoms with Gasteiger partial charge in [0.05, 0.1) is 0 Å². The first-order chi connectivity index (χ1) is 10.5. The number of para-hydroxylation sites is 1. The number of carboxylic acids is 2. The standard InChI is InChI=1S/C17H16O5/c1-11-6-2-5-9-14(11)22-10-12-7-3-4-8-13(12)15(16(18)19)17(20)21/h2-9,15H,10H2,1H3,(H,18,19)(H,20,21). The summed E-state index contributed by atoms with van der Waals surface area (Å²) in [5.74, 6) is -3.71. The summed E-state index contributed by atoms with van der Waals surface area (Å²) in [7, 11) is 0. The Hall–Kier alpha value is -2.82. The van der Waals surface area contributed by atoms with E-state index in [-0.39, 0.29) is 12.2 Å². The minimum Gasteiger partial charge on any atom is -0.489 e. The SMILES string of the molecule is Cc1ccccc1OCc1ccccc1C(C(=O)O)C(=O)O. The third-order valence-electron chi connectivity index (χ3n) is 3.34. The zero-order valence-corrected chi connectivity index (χ0v) is 12.0. The minimum atomic E-state index is -1.60. The Balaban J connectivity index is 2.27. The molecule has 0 spiro atoms. The average Bonchev–Trinajstić information content (AvgIpc) is 2.47. The van der Waals surface area contributed by atoms with Crippen molar-refractivity contribution >= 4 is 11.9 Å². The van der Waals surface area contributed by atoms with Gasteiger partial charge in [-0.15, -0.1) is 0 Å². The summed E-state index contributed by atoms with van der Waals surface area (Å²) in [5.41, 5.74) is 1.73. The molecule has 2 rings (SSSR count). The van der Waals surface area contributed by atoms with Gasteiger partial charge in [0.15, 0.2) is 5.92 Å². The van der Waals surface area contributed by atoms with Crippen LogP contribution in [0.4, 0.5) is 0 Å². The van der Waals surface area contributed by atoms with Gasteiger partial charge in [0.1, 0.15) is 12.4 Å². The second kappa shape index (κ2) is 6.76. The molecule has 2 N–H and O–H groups in total. The molecule has 0 heterocycles. The Morgan fingerprint density at radius 1 is 1.00 bits per heavy atom. The minimum absolute atomic E-state index is 0.109. The van der Waals surface area contributed by atoms with E-state index >= 15 is 0 Å². The third kappa shape index (κ3) is 3.44. The molecule has 22 heavy (non-hydrogen) atoms. The van der Waals surface area contributed by atoms with Crippen molar-refractivity contribution in [1.82, 2.24) is 0 Å². The molecule has 0 saturated heterocycles. The van der Waals surface area contributed by atoms with E-state index in [2.05, 4.69) is 0 Å². The molecule has 5 heteroatoms. The first kappa shape index (κ1) is 15.6. The highest BCUT2D eigenvalue weighted by Gasteiger charge is 2.29. The molecule has 0 saturated carbocycles. The first-order valence-electron chi connectivity index (χ1n) is 6.72. The number of carbonyl (C=O) groups is 2. The second-order valence-electron chi connectivity index (χ2n) is 4.86. The van der Waals surface area contributed by atoms with Crippen LogP contribution in [0.15, 0.2) is 48.5 Å². The number of hydrogen-bond donors (Lipinski definition) is 2. The van der Waals surface area contributed by atoms with Gasteiger partial charge in [0.25, 0.3) is 0 Å². The van der Waals surface area contributed by atoms with E-state index in [0.29, 0.717) is 11.3 Å². The monoisotopic (exact) mass is 300 g/mol. The van der Waals surface area contributed by atoms with Crippen molar-refractivity contribution in [3.05, 3.63) is 65.2 Å². The van der Waals surface area contributed by atoms with Gasteiger partial charge in [0.2, 0.25) is 0 Å². The van der Waals surface area contributed by atoms with E-state index < -0.39 is 17.9 Å². The van der Waals surface area contributed by atoms with E-state index in [1.54, 1.807) is 18.2 Å². The highest BCUT2D eigenvalue weighted by molar-refractivity contribution is 5.99. The van der Waals surface area contributed by atoms with Crippen LogP contribution in [0, 0.1) is 6.92 Å². The van der Waals surface area contributed by atoms with Crippen LogP contribution in [0.5, 0.6) is 5.75 Å². The van der Waals surface area contributed by atoms with Gasteiger partial charge >= 0.3 is 11.9 Å². The van der Waals surface area contributed by atoms with Crippen LogP contribution in [-0.4, -0.2) is 22.2 Å². The van der Waals surface area contributed by atoms with Crippen molar-refractivity contribution in [2.75, 3.05) is 0 Å². The summed E-state index contributed by atoms with van der Waals surface area (Å²) >= 11 is 0. The molecule has 0 bridgehead atoms. The Morgan fingerprint density at radius 2 is 1.59 bits per heavy atom. The van der Waals surface area contributed by atoms with Crippen LogP contribution in [0.3, 0.4) is 0 Å². The number of benzene rings is 2. The Labute approximate surface area is 127 Å². The van der Waals surface area contributed by atoms with E-state index in [1.165, 1.54) is 6.07 Å². The van der Waals surface area contributed by atoms with Gasteiger partial charge in [-0.3, -0.25) is 9.59 Å². The lowest BCUT2D eigenvalue weighted by molar-refractivity contribution is -0.150. The van der Waals surface area contributed by atoms with Crippen LogP contribution in [0.2, 0.25) is 0 Å². The predicted molar refractivity (Wildman–Crippen MR) is 80.0 cm³/mol. The molecule has 2 aromatic rings. The van der Waals surface area contributed by atoms with Gasteiger partial charge in [-0.2, -0.15) is 0 Å². The third-order valence-corrected chi connectivity index (χ3v) is 3.34. The molecular weight excluding hydrogens is 284 g/mol. The van der Waals surface area contributed by atoms with Gasteiger partial charge < -0.3 is 14.9 Å². The maximum absolute atomic E-state index is 11.2. The van der Waals surface area contributed by atoms with Crippen molar-refractivity contribution in [3.63, 3.8) is 0 Å². The van der Waals surface area contributed by atoms with E-state index in [9.17, 15) is 9.59 Å². The van der Waals surface area contributed by atoms with Gasteiger partial charge in [-0.1, -0.05) is 42.5 Å². The highest BCUT2D eigenvalue weighted by Crippen LogP contribution is 2.24. The maximum Gasteiger partial charge on any atom is 0.322 e. The molecule has 0 aliphatic carbocycles. The molecule has 0 radical (unpaired) electrons. The Morgan fingerprint density at radius 3 is 2.23 bits per heavy atom. The normalized spacial score (nSPS) is 10.5. The van der Waals surface area contributed by atoms with Gasteiger partial charge in [-0.05, 0) is 29.7 Å². The Kier molecular flexibility index (Phi) is 4.78. The molecule has 0 fully saturated rings. The molecule has 0 amide bonds. The van der Waals surface area contributed by atoms with Gasteiger partial charge in [0, 0.05) is 0 Å². The fraction of sp³-hybridized carbons (Fsp3) is 0.176. The topological polar surface area (TPSA) is 83.8 Å². The largest absolute Gasteiger partial charge is 0.489 e. The van der Waals surface area contributed by atoms with Crippen molar-refractivity contribution in [2.24, 2.45) is 0 Å². The number of aryl methyl sites for hydroxylation is 1. The van der Waals surface area contributed by atoms with Crippen LogP contribution in [0.25, 0.3) is 0 Å². The lowest BCUT2D eigenvalue weighted by atomic mass is 9.94. The molecule has 0 atom stereocenters. The molecule has 0 aromatic heterocycles. The lowest BCUT2D eigenvalue weighted by Gasteiger charge is -2.15. The van der Waals surface area contributed by atoms with Crippen molar-refractivity contribution in [3.8, 4) is 5.75 Å². The van der Waals surface area contributed by atoms with Crippen LogP contribution >= 0.6 is 0 Å². The molecule has 5 nitrogen and oxygen atoms in total. The first-order valence-corrected chi connectivity index (χ1v) is 6.72. The van der Waals surface area contributed by atoms with Crippen molar-refractivity contribution < 1.29 is 24.5 Å². The number of aliphatic carboxylic acids is 2. The van der Waals surface area contributed by atoms with E-state index in [4.69, 9.17) is 14.9 Å². The van der Waals surface area contributed by atoms with E-state index in [0.717, 1.165) is 5.56 Å². The quantitative estimate of drug-likeness (QED) is 0.801. The molecule has 0 unspecified atom stereocenters.